The SMILES string of the molecule is COc1ccc(C[C@H]2NC(=O)/C=C/C[C@@H]([C@H](C)/C=C/c3ccccn3)OC(=O)[C@H](CC(C)C)OC(=O)[C@H](C)CNC2=O)cc1Cl. The van der Waals surface area contributed by atoms with E-state index in [0.717, 1.165) is 5.69 Å². The third-order valence-electron chi connectivity index (χ3n) is 7.23. The van der Waals surface area contributed by atoms with Crippen LogP contribution in [0, 0.1) is 17.8 Å². The van der Waals surface area contributed by atoms with Gasteiger partial charge in [0.2, 0.25) is 11.8 Å². The second-order valence-corrected chi connectivity index (χ2v) is 11.9. The quantitative estimate of drug-likeness (QED) is 0.397. The van der Waals surface area contributed by atoms with Crippen LogP contribution in [0.2, 0.25) is 5.02 Å². The number of hydrogen-bond donors (Lipinski definition) is 2. The van der Waals surface area contributed by atoms with Crippen LogP contribution in [0.15, 0.2) is 60.8 Å². The highest BCUT2D eigenvalue weighted by atomic mass is 35.5. The zero-order valence-electron chi connectivity index (χ0n) is 26.3. The Labute approximate surface area is 269 Å². The highest BCUT2D eigenvalue weighted by Crippen LogP contribution is 2.26. The zero-order valence-corrected chi connectivity index (χ0v) is 27.1. The number of rotatable bonds is 8. The first-order valence-corrected chi connectivity index (χ1v) is 15.4. The number of nitrogens with one attached hydrogen (secondary N) is 2. The molecule has 1 aromatic heterocycles. The van der Waals surface area contributed by atoms with Gasteiger partial charge in [-0.2, -0.15) is 0 Å². The van der Waals surface area contributed by atoms with E-state index in [2.05, 4.69) is 15.6 Å². The molecule has 2 aromatic rings. The molecule has 10 nitrogen and oxygen atoms in total. The summed E-state index contributed by atoms with van der Waals surface area (Å²) in [5.41, 5.74) is 1.44. The van der Waals surface area contributed by atoms with Crippen LogP contribution < -0.4 is 15.4 Å². The van der Waals surface area contributed by atoms with Gasteiger partial charge >= 0.3 is 11.9 Å². The number of ether oxygens (including phenoxy) is 3. The van der Waals surface area contributed by atoms with Crippen LogP contribution in [0.25, 0.3) is 6.08 Å². The van der Waals surface area contributed by atoms with Gasteiger partial charge in [0, 0.05) is 31.5 Å². The van der Waals surface area contributed by atoms with Crippen molar-refractivity contribution in [3.05, 3.63) is 77.1 Å². The summed E-state index contributed by atoms with van der Waals surface area (Å²) in [6.07, 6.45) is 7.08. The van der Waals surface area contributed by atoms with Gasteiger partial charge in [-0.05, 0) is 54.3 Å². The predicted octanol–water partition coefficient (Wildman–Crippen LogP) is 4.70. The smallest absolute Gasteiger partial charge is 0.347 e. The first kappa shape index (κ1) is 35.3. The number of nitrogens with zero attached hydrogens (tertiary/aromatic N) is 1. The average molecular weight is 640 g/mol. The molecule has 2 heterocycles. The fraction of sp³-hybridized carbons (Fsp3) is 0.441. The lowest BCUT2D eigenvalue weighted by molar-refractivity contribution is -0.175. The summed E-state index contributed by atoms with van der Waals surface area (Å²) in [6, 6.07) is 9.68. The minimum atomic E-state index is -1.13. The standard InChI is InChI=1S/C34H42ClN3O7/c1-21(2)17-30-34(42)44-28(22(3)12-14-25-9-6-7-16-36-25)10-8-11-31(39)38-27(32(40)37-20-23(4)33(41)45-30)19-24-13-15-29(43-5)26(35)18-24/h6-9,11-16,18,21-23,27-28,30H,10,17,19-20H2,1-5H3,(H,37,40)(H,38,39)/b11-8+,14-12+/t22-,23-,27-,28+,30+/m1/s1. The van der Waals surface area contributed by atoms with Gasteiger partial charge in [0.05, 0.1) is 23.7 Å². The number of cyclic esters (lactones) is 2. The van der Waals surface area contributed by atoms with Crippen LogP contribution in [0.3, 0.4) is 0 Å². The molecular weight excluding hydrogens is 598 g/mol. The third-order valence-corrected chi connectivity index (χ3v) is 7.53. The maximum atomic E-state index is 13.4. The summed E-state index contributed by atoms with van der Waals surface area (Å²) in [4.78, 5) is 57.0. The highest BCUT2D eigenvalue weighted by molar-refractivity contribution is 6.32. The highest BCUT2D eigenvalue weighted by Gasteiger charge is 2.31. The van der Waals surface area contributed by atoms with E-state index in [0.29, 0.717) is 16.3 Å². The van der Waals surface area contributed by atoms with Crippen molar-refractivity contribution in [2.75, 3.05) is 13.7 Å². The Balaban J connectivity index is 1.89. The van der Waals surface area contributed by atoms with Crippen molar-refractivity contribution in [3.8, 4) is 5.75 Å². The lowest BCUT2D eigenvalue weighted by Crippen LogP contribution is -2.49. The molecule has 0 radical (unpaired) electrons. The number of hydrogen-bond acceptors (Lipinski definition) is 8. The normalized spacial score (nSPS) is 23.5. The molecule has 5 atom stereocenters. The molecule has 3 rings (SSSR count). The Morgan fingerprint density at radius 3 is 2.53 bits per heavy atom. The molecule has 0 saturated heterocycles. The third kappa shape index (κ3) is 11.4. The van der Waals surface area contributed by atoms with Gasteiger partial charge < -0.3 is 24.8 Å². The molecule has 1 aromatic carbocycles. The van der Waals surface area contributed by atoms with Crippen LogP contribution in [0.1, 0.15) is 51.8 Å². The fourth-order valence-corrected chi connectivity index (χ4v) is 4.87. The van der Waals surface area contributed by atoms with Gasteiger partial charge in [-0.1, -0.05) is 63.6 Å². The Morgan fingerprint density at radius 2 is 1.87 bits per heavy atom. The zero-order chi connectivity index (χ0) is 32.9. The topological polar surface area (TPSA) is 133 Å². The molecule has 1 aliphatic heterocycles. The van der Waals surface area contributed by atoms with Crippen molar-refractivity contribution in [1.82, 2.24) is 15.6 Å². The summed E-state index contributed by atoms with van der Waals surface area (Å²) in [6.45, 7) is 7.24. The van der Waals surface area contributed by atoms with Crippen molar-refractivity contribution < 1.29 is 33.4 Å². The van der Waals surface area contributed by atoms with E-state index >= 15 is 0 Å². The van der Waals surface area contributed by atoms with Crippen LogP contribution in [-0.2, 0) is 35.1 Å². The predicted molar refractivity (Wildman–Crippen MR) is 171 cm³/mol. The number of carbonyl (C=O) groups excluding carboxylic acids is 4. The van der Waals surface area contributed by atoms with Gasteiger partial charge in [0.15, 0.2) is 6.10 Å². The van der Waals surface area contributed by atoms with E-state index in [1.54, 1.807) is 37.4 Å². The van der Waals surface area contributed by atoms with Gasteiger partial charge in [0.1, 0.15) is 17.9 Å². The summed E-state index contributed by atoms with van der Waals surface area (Å²) >= 11 is 6.29. The molecule has 0 fully saturated rings. The van der Waals surface area contributed by atoms with E-state index < -0.39 is 47.9 Å². The Hall–Kier alpha value is -4.18. The van der Waals surface area contributed by atoms with Crippen molar-refractivity contribution >= 4 is 41.4 Å². The fourth-order valence-electron chi connectivity index (χ4n) is 4.59. The molecule has 11 heteroatoms. The van der Waals surface area contributed by atoms with Gasteiger partial charge in [-0.25, -0.2) is 4.79 Å². The van der Waals surface area contributed by atoms with E-state index in [1.807, 2.05) is 51.1 Å². The maximum absolute atomic E-state index is 13.4. The Bertz CT molecular complexity index is 1380. The van der Waals surface area contributed by atoms with Gasteiger partial charge in [-0.3, -0.25) is 19.4 Å². The molecule has 0 aliphatic carbocycles. The first-order valence-electron chi connectivity index (χ1n) is 15.0. The van der Waals surface area contributed by atoms with E-state index in [-0.39, 0.29) is 37.6 Å². The Morgan fingerprint density at radius 1 is 1.09 bits per heavy atom. The van der Waals surface area contributed by atoms with Crippen molar-refractivity contribution in [3.63, 3.8) is 0 Å². The monoisotopic (exact) mass is 639 g/mol. The van der Waals surface area contributed by atoms with Crippen LogP contribution in [0.4, 0.5) is 0 Å². The van der Waals surface area contributed by atoms with Crippen molar-refractivity contribution in [2.24, 2.45) is 17.8 Å². The summed E-state index contributed by atoms with van der Waals surface area (Å²) in [7, 11) is 1.50. The van der Waals surface area contributed by atoms with E-state index in [1.165, 1.54) is 13.2 Å². The molecule has 2 N–H and O–H groups in total. The first-order chi connectivity index (χ1) is 21.5. The molecule has 0 bridgehead atoms. The summed E-state index contributed by atoms with van der Waals surface area (Å²) < 4.78 is 16.8. The van der Waals surface area contributed by atoms with E-state index in [4.69, 9.17) is 25.8 Å². The van der Waals surface area contributed by atoms with Crippen LogP contribution >= 0.6 is 11.6 Å². The van der Waals surface area contributed by atoms with Crippen molar-refractivity contribution in [1.29, 1.82) is 0 Å². The number of carbonyl (C=O) groups is 4. The maximum Gasteiger partial charge on any atom is 0.347 e. The number of pyridine rings is 1. The number of amides is 2. The number of halogens is 1. The number of methoxy groups -OCH3 is 1. The van der Waals surface area contributed by atoms with Crippen molar-refractivity contribution in [2.45, 2.75) is 65.2 Å². The molecule has 45 heavy (non-hydrogen) atoms. The molecule has 2 amide bonds. The lowest BCUT2D eigenvalue weighted by atomic mass is 9.99. The molecule has 0 saturated carbocycles. The molecule has 0 spiro atoms. The number of esters is 2. The summed E-state index contributed by atoms with van der Waals surface area (Å²) in [5.74, 6) is -2.84. The van der Waals surface area contributed by atoms with Crippen LogP contribution in [0.5, 0.6) is 5.75 Å². The molecule has 242 valence electrons. The minimum Gasteiger partial charge on any atom is -0.495 e. The number of benzene rings is 1. The van der Waals surface area contributed by atoms with Gasteiger partial charge in [-0.15, -0.1) is 0 Å². The average Bonchev–Trinajstić information content (AvgIpc) is 3.01. The lowest BCUT2D eigenvalue weighted by Gasteiger charge is -2.26. The molecule has 1 aliphatic rings. The molecular formula is C34H42ClN3O7. The van der Waals surface area contributed by atoms with E-state index in [9.17, 15) is 19.2 Å². The van der Waals surface area contributed by atoms with Crippen LogP contribution in [-0.4, -0.2) is 60.6 Å². The second-order valence-electron chi connectivity index (χ2n) is 11.5. The Kier molecular flexibility index (Phi) is 13.6. The number of aromatic nitrogens is 1. The molecule has 0 unspecified atom stereocenters. The minimum absolute atomic E-state index is 0.0340. The largest absolute Gasteiger partial charge is 0.495 e. The second kappa shape index (κ2) is 17.3. The summed E-state index contributed by atoms with van der Waals surface area (Å²) in [5, 5.41) is 5.83. The van der Waals surface area contributed by atoms with Gasteiger partial charge in [0.25, 0.3) is 0 Å².